The number of hydrazine groups is 1. The van der Waals surface area contributed by atoms with Crippen LogP contribution in [0.2, 0.25) is 0 Å². The fourth-order valence-electron chi connectivity index (χ4n) is 1.21. The zero-order chi connectivity index (χ0) is 8.65. The predicted molar refractivity (Wildman–Crippen MR) is 51.4 cm³/mol. The van der Waals surface area contributed by atoms with E-state index in [0.29, 0.717) is 0 Å². The van der Waals surface area contributed by atoms with E-state index >= 15 is 0 Å². The second-order valence-electron chi connectivity index (χ2n) is 3.08. The fourth-order valence-corrected chi connectivity index (χ4v) is 1.21. The van der Waals surface area contributed by atoms with E-state index in [1.165, 1.54) is 19.3 Å². The van der Waals surface area contributed by atoms with Gasteiger partial charge < -0.3 is 10.3 Å². The highest BCUT2D eigenvalue weighted by molar-refractivity contribution is 4.83. The first kappa shape index (κ1) is 9.39. The van der Waals surface area contributed by atoms with Gasteiger partial charge in [0.25, 0.3) is 0 Å². The molecule has 12 heavy (non-hydrogen) atoms. The van der Waals surface area contributed by atoms with Gasteiger partial charge in [-0.1, -0.05) is 19.8 Å². The Balaban J connectivity index is 1.98. The number of nitrogens with zero attached hydrogens (tertiary/aromatic N) is 1. The van der Waals surface area contributed by atoms with E-state index in [0.717, 1.165) is 19.6 Å². The number of unbranched alkanes of at least 4 members (excludes halogenated alkanes) is 2. The van der Waals surface area contributed by atoms with Gasteiger partial charge in [-0.05, 0) is 6.42 Å². The van der Waals surface area contributed by atoms with Gasteiger partial charge in [0.1, 0.15) is 0 Å². The molecule has 1 aliphatic heterocycles. The Morgan fingerprint density at radius 3 is 3.08 bits per heavy atom. The van der Waals surface area contributed by atoms with Gasteiger partial charge in [-0.3, -0.25) is 0 Å². The highest BCUT2D eigenvalue weighted by Gasteiger charge is 1.99. The Labute approximate surface area is 74.8 Å². The SMILES string of the molecule is CCCCCNN1C=CNCC1. The maximum absolute atomic E-state index is 3.36. The summed E-state index contributed by atoms with van der Waals surface area (Å²) in [6, 6.07) is 0. The van der Waals surface area contributed by atoms with Crippen molar-refractivity contribution < 1.29 is 0 Å². The monoisotopic (exact) mass is 169 g/mol. The number of hydrogen-bond donors (Lipinski definition) is 2. The van der Waals surface area contributed by atoms with Crippen molar-refractivity contribution in [3.8, 4) is 0 Å². The second kappa shape index (κ2) is 5.89. The van der Waals surface area contributed by atoms with Crippen LogP contribution in [0.4, 0.5) is 0 Å². The zero-order valence-corrected chi connectivity index (χ0v) is 7.84. The van der Waals surface area contributed by atoms with Crippen LogP contribution in [0.5, 0.6) is 0 Å². The summed E-state index contributed by atoms with van der Waals surface area (Å²) in [7, 11) is 0. The molecule has 2 N–H and O–H groups in total. The molecule has 70 valence electrons. The summed E-state index contributed by atoms with van der Waals surface area (Å²) in [4.78, 5) is 0. The molecule has 0 fully saturated rings. The van der Waals surface area contributed by atoms with E-state index in [2.05, 4.69) is 28.9 Å². The molecular weight excluding hydrogens is 150 g/mol. The van der Waals surface area contributed by atoms with Crippen LogP contribution in [0, 0.1) is 0 Å². The Morgan fingerprint density at radius 1 is 1.50 bits per heavy atom. The Hall–Kier alpha value is -0.700. The summed E-state index contributed by atoms with van der Waals surface area (Å²) in [5.41, 5.74) is 3.36. The highest BCUT2D eigenvalue weighted by atomic mass is 15.5. The van der Waals surface area contributed by atoms with Crippen LogP contribution in [0.25, 0.3) is 0 Å². The van der Waals surface area contributed by atoms with Crippen molar-refractivity contribution in [2.75, 3.05) is 19.6 Å². The zero-order valence-electron chi connectivity index (χ0n) is 7.84. The van der Waals surface area contributed by atoms with Gasteiger partial charge in [0, 0.05) is 25.5 Å². The summed E-state index contributed by atoms with van der Waals surface area (Å²) >= 11 is 0. The van der Waals surface area contributed by atoms with Gasteiger partial charge >= 0.3 is 0 Å². The first-order valence-electron chi connectivity index (χ1n) is 4.83. The molecule has 3 nitrogen and oxygen atoms in total. The van der Waals surface area contributed by atoms with Crippen molar-refractivity contribution in [2.24, 2.45) is 0 Å². The van der Waals surface area contributed by atoms with Crippen LogP contribution in [-0.2, 0) is 0 Å². The van der Waals surface area contributed by atoms with Crippen LogP contribution >= 0.6 is 0 Å². The molecule has 0 radical (unpaired) electrons. The molecule has 3 heteroatoms. The molecule has 1 aliphatic rings. The summed E-state index contributed by atoms with van der Waals surface area (Å²) < 4.78 is 0. The average molecular weight is 169 g/mol. The minimum Gasteiger partial charge on any atom is -0.388 e. The van der Waals surface area contributed by atoms with Crippen molar-refractivity contribution in [3.05, 3.63) is 12.4 Å². The molecule has 0 amide bonds. The van der Waals surface area contributed by atoms with E-state index < -0.39 is 0 Å². The first-order chi connectivity index (χ1) is 5.93. The molecule has 0 aromatic heterocycles. The minimum atomic E-state index is 1.04. The Kier molecular flexibility index (Phi) is 4.61. The quantitative estimate of drug-likeness (QED) is 0.603. The summed E-state index contributed by atoms with van der Waals surface area (Å²) in [6.45, 7) is 5.42. The third kappa shape index (κ3) is 3.62. The molecule has 0 saturated carbocycles. The van der Waals surface area contributed by atoms with Crippen LogP contribution in [0.15, 0.2) is 12.4 Å². The molecule has 1 heterocycles. The normalized spacial score (nSPS) is 16.2. The topological polar surface area (TPSA) is 27.3 Å². The molecule has 0 unspecified atom stereocenters. The maximum atomic E-state index is 3.36. The predicted octanol–water partition coefficient (Wildman–Crippen LogP) is 1.06. The van der Waals surface area contributed by atoms with E-state index in [-0.39, 0.29) is 0 Å². The molecule has 0 spiro atoms. The third-order valence-electron chi connectivity index (χ3n) is 1.96. The summed E-state index contributed by atoms with van der Waals surface area (Å²) in [5, 5.41) is 5.30. The first-order valence-corrected chi connectivity index (χ1v) is 4.83. The van der Waals surface area contributed by atoms with E-state index in [1.54, 1.807) is 0 Å². The molecular formula is C9H19N3. The summed E-state index contributed by atoms with van der Waals surface area (Å²) in [5.74, 6) is 0. The van der Waals surface area contributed by atoms with Gasteiger partial charge in [-0.15, -0.1) is 0 Å². The van der Waals surface area contributed by atoms with Gasteiger partial charge in [-0.2, -0.15) is 0 Å². The van der Waals surface area contributed by atoms with E-state index in [4.69, 9.17) is 0 Å². The molecule has 1 rings (SSSR count). The average Bonchev–Trinajstić information content (AvgIpc) is 2.14. The second-order valence-corrected chi connectivity index (χ2v) is 3.08. The smallest absolute Gasteiger partial charge is 0.0511 e. The molecule has 0 bridgehead atoms. The Bertz CT molecular complexity index is 134. The minimum absolute atomic E-state index is 1.04. The lowest BCUT2D eigenvalue weighted by Crippen LogP contribution is -2.41. The van der Waals surface area contributed by atoms with Crippen LogP contribution in [-0.4, -0.2) is 24.6 Å². The molecule has 0 aliphatic carbocycles. The van der Waals surface area contributed by atoms with E-state index in [9.17, 15) is 0 Å². The van der Waals surface area contributed by atoms with Crippen molar-refractivity contribution in [2.45, 2.75) is 26.2 Å². The highest BCUT2D eigenvalue weighted by Crippen LogP contribution is 1.93. The van der Waals surface area contributed by atoms with Gasteiger partial charge in [0.15, 0.2) is 0 Å². The number of rotatable bonds is 5. The van der Waals surface area contributed by atoms with Crippen molar-refractivity contribution in [1.29, 1.82) is 0 Å². The fraction of sp³-hybridized carbons (Fsp3) is 0.778. The van der Waals surface area contributed by atoms with Crippen LogP contribution in [0.3, 0.4) is 0 Å². The molecule has 0 aromatic rings. The van der Waals surface area contributed by atoms with E-state index in [1.807, 2.05) is 6.20 Å². The van der Waals surface area contributed by atoms with Gasteiger partial charge in [-0.25, -0.2) is 5.43 Å². The van der Waals surface area contributed by atoms with Gasteiger partial charge in [0.2, 0.25) is 0 Å². The molecule has 0 saturated heterocycles. The third-order valence-corrected chi connectivity index (χ3v) is 1.96. The lowest BCUT2D eigenvalue weighted by atomic mass is 10.2. The van der Waals surface area contributed by atoms with Crippen molar-refractivity contribution in [3.63, 3.8) is 0 Å². The Morgan fingerprint density at radius 2 is 2.42 bits per heavy atom. The standard InChI is InChI=1S/C9H19N3/c1-2-3-4-5-11-12-8-6-10-7-9-12/h6,8,10-11H,2-5,7,9H2,1H3. The number of hydrogen-bond acceptors (Lipinski definition) is 3. The van der Waals surface area contributed by atoms with Crippen molar-refractivity contribution in [1.82, 2.24) is 15.8 Å². The largest absolute Gasteiger partial charge is 0.388 e. The summed E-state index contributed by atoms with van der Waals surface area (Å²) in [6.07, 6.45) is 7.92. The molecule has 0 aromatic carbocycles. The molecule has 0 atom stereocenters. The van der Waals surface area contributed by atoms with Crippen LogP contribution in [0.1, 0.15) is 26.2 Å². The lowest BCUT2D eigenvalue weighted by Gasteiger charge is -2.24. The number of nitrogens with one attached hydrogen (secondary N) is 2. The van der Waals surface area contributed by atoms with Gasteiger partial charge in [0.05, 0.1) is 6.54 Å². The maximum Gasteiger partial charge on any atom is 0.0511 e. The lowest BCUT2D eigenvalue weighted by molar-refractivity contribution is 0.258. The van der Waals surface area contributed by atoms with Crippen molar-refractivity contribution >= 4 is 0 Å². The van der Waals surface area contributed by atoms with Crippen LogP contribution < -0.4 is 10.7 Å².